The van der Waals surface area contributed by atoms with Gasteiger partial charge in [0.2, 0.25) is 0 Å². The van der Waals surface area contributed by atoms with Crippen molar-refractivity contribution >= 4 is 12.1 Å². The molecule has 0 bridgehead atoms. The minimum absolute atomic E-state index is 0.239. The summed E-state index contributed by atoms with van der Waals surface area (Å²) in [5, 5.41) is 0. The molecule has 0 fully saturated rings. The summed E-state index contributed by atoms with van der Waals surface area (Å²) < 4.78 is 10.2. The molecule has 2 rings (SSSR count). The van der Waals surface area contributed by atoms with Gasteiger partial charge in [0, 0.05) is 13.5 Å². The minimum atomic E-state index is -0.397. The van der Waals surface area contributed by atoms with Gasteiger partial charge in [0.05, 0.1) is 6.54 Å². The Bertz CT molecular complexity index is 510. The number of esters is 1. The largest absolute Gasteiger partial charge is 0.445 e. The zero-order chi connectivity index (χ0) is 14.4. The second-order valence-electron chi connectivity index (χ2n) is 4.51. The Hall–Kier alpha value is -2.30. The Morgan fingerprint density at radius 2 is 2.00 bits per heavy atom. The molecule has 5 heteroatoms. The molecular formula is C15H17NO4. The highest BCUT2D eigenvalue weighted by Gasteiger charge is 2.21. The zero-order valence-corrected chi connectivity index (χ0v) is 11.4. The molecule has 1 aliphatic rings. The SMILES string of the molecule is CC(=O)OC1=CCCN(C(=O)OCc2ccccc2)C1. The number of amides is 1. The topological polar surface area (TPSA) is 55.8 Å². The Labute approximate surface area is 117 Å². The molecule has 20 heavy (non-hydrogen) atoms. The number of rotatable bonds is 3. The van der Waals surface area contributed by atoms with E-state index in [1.54, 1.807) is 0 Å². The summed E-state index contributed by atoms with van der Waals surface area (Å²) in [6, 6.07) is 9.49. The molecule has 1 aromatic carbocycles. The molecule has 0 saturated carbocycles. The van der Waals surface area contributed by atoms with Gasteiger partial charge >= 0.3 is 12.1 Å². The van der Waals surface area contributed by atoms with Gasteiger partial charge in [0.1, 0.15) is 12.4 Å². The van der Waals surface area contributed by atoms with Crippen LogP contribution in [0.1, 0.15) is 18.9 Å². The molecule has 0 radical (unpaired) electrons. The molecule has 106 valence electrons. The molecule has 0 aromatic heterocycles. The lowest BCUT2D eigenvalue weighted by Gasteiger charge is -2.25. The smallest absolute Gasteiger partial charge is 0.410 e. The molecule has 0 unspecified atom stereocenters. The molecule has 1 amide bonds. The van der Waals surface area contributed by atoms with Crippen LogP contribution in [0.5, 0.6) is 0 Å². The number of benzene rings is 1. The minimum Gasteiger partial charge on any atom is -0.445 e. The number of carbonyl (C=O) groups excluding carboxylic acids is 2. The predicted molar refractivity (Wildman–Crippen MR) is 72.7 cm³/mol. The maximum Gasteiger partial charge on any atom is 0.410 e. The standard InChI is InChI=1S/C15H17NO4/c1-12(17)20-14-8-5-9-16(10-14)15(18)19-11-13-6-3-2-4-7-13/h2-4,6-8H,5,9-11H2,1H3. The van der Waals surface area contributed by atoms with E-state index < -0.39 is 6.09 Å². The summed E-state index contributed by atoms with van der Waals surface area (Å²) >= 11 is 0. The average molecular weight is 275 g/mol. The van der Waals surface area contributed by atoms with Crippen LogP contribution in [0.2, 0.25) is 0 Å². The number of ether oxygens (including phenoxy) is 2. The lowest BCUT2D eigenvalue weighted by atomic mass is 10.2. The molecule has 0 N–H and O–H groups in total. The van der Waals surface area contributed by atoms with Crippen LogP contribution in [0.4, 0.5) is 4.79 Å². The first kappa shape index (κ1) is 14.1. The van der Waals surface area contributed by atoms with Crippen molar-refractivity contribution in [3.05, 3.63) is 47.7 Å². The first-order valence-corrected chi connectivity index (χ1v) is 6.48. The first-order valence-electron chi connectivity index (χ1n) is 6.48. The molecule has 0 saturated heterocycles. The molecule has 0 atom stereocenters. The Morgan fingerprint density at radius 3 is 2.70 bits per heavy atom. The van der Waals surface area contributed by atoms with Crippen molar-refractivity contribution in [1.82, 2.24) is 4.90 Å². The number of nitrogens with zero attached hydrogens (tertiary/aromatic N) is 1. The lowest BCUT2D eigenvalue weighted by molar-refractivity contribution is -0.137. The summed E-state index contributed by atoms with van der Waals surface area (Å²) in [6.07, 6.45) is 2.08. The lowest BCUT2D eigenvalue weighted by Crippen LogP contribution is -2.36. The van der Waals surface area contributed by atoms with Gasteiger partial charge in [0.25, 0.3) is 0 Å². The Morgan fingerprint density at radius 1 is 1.25 bits per heavy atom. The maximum absolute atomic E-state index is 11.9. The fraction of sp³-hybridized carbons (Fsp3) is 0.333. The van der Waals surface area contributed by atoms with E-state index in [1.165, 1.54) is 11.8 Å². The van der Waals surface area contributed by atoms with E-state index in [-0.39, 0.29) is 19.1 Å². The molecular weight excluding hydrogens is 258 g/mol. The van der Waals surface area contributed by atoms with Gasteiger partial charge in [0.15, 0.2) is 0 Å². The van der Waals surface area contributed by atoms with E-state index in [4.69, 9.17) is 9.47 Å². The third-order valence-electron chi connectivity index (χ3n) is 2.86. The highest BCUT2D eigenvalue weighted by atomic mass is 16.6. The van der Waals surface area contributed by atoms with Crippen LogP contribution >= 0.6 is 0 Å². The van der Waals surface area contributed by atoms with Crippen LogP contribution in [0, 0.1) is 0 Å². The van der Waals surface area contributed by atoms with Gasteiger partial charge in [-0.3, -0.25) is 4.79 Å². The van der Waals surface area contributed by atoms with Crippen molar-refractivity contribution in [3.8, 4) is 0 Å². The predicted octanol–water partition coefficient (Wildman–Crippen LogP) is 2.48. The van der Waals surface area contributed by atoms with Crippen molar-refractivity contribution in [2.75, 3.05) is 13.1 Å². The summed E-state index contributed by atoms with van der Waals surface area (Å²) in [4.78, 5) is 24.4. The first-order chi connectivity index (χ1) is 9.65. The van der Waals surface area contributed by atoms with Gasteiger partial charge in [-0.15, -0.1) is 0 Å². The Balaban J connectivity index is 1.84. The van der Waals surface area contributed by atoms with E-state index >= 15 is 0 Å². The highest BCUT2D eigenvalue weighted by Crippen LogP contribution is 2.13. The zero-order valence-electron chi connectivity index (χ0n) is 11.4. The van der Waals surface area contributed by atoms with Gasteiger partial charge in [-0.2, -0.15) is 0 Å². The van der Waals surface area contributed by atoms with E-state index in [9.17, 15) is 9.59 Å². The Kier molecular flexibility index (Phi) is 4.76. The molecule has 0 spiro atoms. The molecule has 1 aliphatic heterocycles. The fourth-order valence-electron chi connectivity index (χ4n) is 1.94. The summed E-state index contributed by atoms with van der Waals surface area (Å²) in [5.41, 5.74) is 0.939. The van der Waals surface area contributed by atoms with Crippen LogP contribution in [0.15, 0.2) is 42.2 Å². The van der Waals surface area contributed by atoms with Crippen molar-refractivity contribution in [3.63, 3.8) is 0 Å². The third-order valence-corrected chi connectivity index (χ3v) is 2.86. The van der Waals surface area contributed by atoms with Crippen molar-refractivity contribution in [1.29, 1.82) is 0 Å². The monoisotopic (exact) mass is 275 g/mol. The average Bonchev–Trinajstić information content (AvgIpc) is 2.45. The molecule has 1 heterocycles. The normalized spacial score (nSPS) is 14.4. The summed E-state index contributed by atoms with van der Waals surface area (Å²) in [6.45, 7) is 2.42. The molecule has 1 aromatic rings. The van der Waals surface area contributed by atoms with Gasteiger partial charge in [-0.1, -0.05) is 30.3 Å². The second kappa shape index (κ2) is 6.75. The van der Waals surface area contributed by atoms with Crippen LogP contribution in [0.3, 0.4) is 0 Å². The van der Waals surface area contributed by atoms with E-state index in [2.05, 4.69) is 0 Å². The number of hydrogen-bond acceptors (Lipinski definition) is 4. The summed E-state index contributed by atoms with van der Waals surface area (Å²) in [5.74, 6) is 0.121. The van der Waals surface area contributed by atoms with Crippen LogP contribution < -0.4 is 0 Å². The number of carbonyl (C=O) groups is 2. The van der Waals surface area contributed by atoms with E-state index in [0.29, 0.717) is 18.7 Å². The quantitative estimate of drug-likeness (QED) is 0.795. The van der Waals surface area contributed by atoms with E-state index in [1.807, 2.05) is 36.4 Å². The van der Waals surface area contributed by atoms with Gasteiger partial charge < -0.3 is 14.4 Å². The third kappa shape index (κ3) is 4.12. The summed E-state index contributed by atoms with van der Waals surface area (Å²) in [7, 11) is 0. The van der Waals surface area contributed by atoms with Crippen LogP contribution in [-0.2, 0) is 20.9 Å². The highest BCUT2D eigenvalue weighted by molar-refractivity contribution is 5.69. The van der Waals surface area contributed by atoms with Crippen molar-refractivity contribution in [2.24, 2.45) is 0 Å². The second-order valence-corrected chi connectivity index (χ2v) is 4.51. The van der Waals surface area contributed by atoms with Crippen molar-refractivity contribution in [2.45, 2.75) is 20.0 Å². The van der Waals surface area contributed by atoms with Gasteiger partial charge in [-0.25, -0.2) is 4.79 Å². The maximum atomic E-state index is 11.9. The van der Waals surface area contributed by atoms with E-state index in [0.717, 1.165) is 5.56 Å². The van der Waals surface area contributed by atoms with Crippen LogP contribution in [-0.4, -0.2) is 30.1 Å². The molecule has 5 nitrogen and oxygen atoms in total. The number of hydrogen-bond donors (Lipinski definition) is 0. The molecule has 0 aliphatic carbocycles. The van der Waals surface area contributed by atoms with Crippen LogP contribution in [0.25, 0.3) is 0 Å². The fourth-order valence-corrected chi connectivity index (χ4v) is 1.94. The van der Waals surface area contributed by atoms with Crippen molar-refractivity contribution < 1.29 is 19.1 Å². The van der Waals surface area contributed by atoms with Gasteiger partial charge in [-0.05, 0) is 18.1 Å².